The summed E-state index contributed by atoms with van der Waals surface area (Å²) in [6.07, 6.45) is 1.85. The third-order valence-corrected chi connectivity index (χ3v) is 5.04. The molecule has 1 saturated heterocycles. The summed E-state index contributed by atoms with van der Waals surface area (Å²) in [5, 5.41) is 4.07. The van der Waals surface area contributed by atoms with Crippen LogP contribution < -0.4 is 15.0 Å². The van der Waals surface area contributed by atoms with Crippen molar-refractivity contribution in [2.45, 2.75) is 0 Å². The van der Waals surface area contributed by atoms with E-state index in [9.17, 15) is 4.79 Å². The van der Waals surface area contributed by atoms with Crippen LogP contribution in [0.25, 0.3) is 10.9 Å². The number of ether oxygens (including phenoxy) is 1. The molecule has 148 valence electrons. The van der Waals surface area contributed by atoms with E-state index in [-0.39, 0.29) is 18.3 Å². The summed E-state index contributed by atoms with van der Waals surface area (Å²) in [5.41, 5.74) is 3.06. The van der Waals surface area contributed by atoms with Crippen molar-refractivity contribution in [2.24, 2.45) is 0 Å². The Morgan fingerprint density at radius 1 is 1.07 bits per heavy atom. The van der Waals surface area contributed by atoms with Crippen molar-refractivity contribution in [1.82, 2.24) is 9.88 Å². The maximum absolute atomic E-state index is 12.5. The van der Waals surface area contributed by atoms with E-state index in [4.69, 9.17) is 4.74 Å². The zero-order chi connectivity index (χ0) is 18.6. The molecule has 0 spiro atoms. The maximum atomic E-state index is 12.5. The van der Waals surface area contributed by atoms with Crippen molar-refractivity contribution >= 4 is 40.6 Å². The third kappa shape index (κ3) is 4.40. The van der Waals surface area contributed by atoms with Crippen LogP contribution in [0.3, 0.4) is 0 Å². The number of methoxy groups -OCH3 is 1. The van der Waals surface area contributed by atoms with Gasteiger partial charge in [-0.2, -0.15) is 0 Å². The number of benzene rings is 2. The minimum Gasteiger partial charge on any atom is -0.497 e. The Bertz CT molecular complexity index is 918. The summed E-state index contributed by atoms with van der Waals surface area (Å²) < 4.78 is 5.21. The molecule has 1 amide bonds. The SMILES string of the molecule is COc1ccc(N2CCN(CC(=O)Nc3c[nH]c4ccccc34)CC2)cc1.Cl. The Morgan fingerprint density at radius 2 is 1.79 bits per heavy atom. The average molecular weight is 401 g/mol. The summed E-state index contributed by atoms with van der Waals surface area (Å²) in [6.45, 7) is 3.97. The van der Waals surface area contributed by atoms with Gasteiger partial charge in [-0.05, 0) is 30.3 Å². The third-order valence-electron chi connectivity index (χ3n) is 5.04. The van der Waals surface area contributed by atoms with Crippen LogP contribution in [-0.2, 0) is 4.79 Å². The fourth-order valence-corrected chi connectivity index (χ4v) is 3.52. The van der Waals surface area contributed by atoms with Gasteiger partial charge in [0.05, 0.1) is 19.3 Å². The van der Waals surface area contributed by atoms with Crippen LogP contribution in [0.2, 0.25) is 0 Å². The van der Waals surface area contributed by atoms with Crippen LogP contribution in [0, 0.1) is 0 Å². The number of rotatable bonds is 5. The lowest BCUT2D eigenvalue weighted by Gasteiger charge is -2.35. The number of hydrogen-bond acceptors (Lipinski definition) is 4. The Hall–Kier alpha value is -2.70. The topological polar surface area (TPSA) is 60.6 Å². The molecule has 1 fully saturated rings. The maximum Gasteiger partial charge on any atom is 0.238 e. The molecule has 0 radical (unpaired) electrons. The van der Waals surface area contributed by atoms with Crippen molar-refractivity contribution in [2.75, 3.05) is 50.1 Å². The number of nitrogens with zero attached hydrogens (tertiary/aromatic N) is 2. The lowest BCUT2D eigenvalue weighted by atomic mass is 10.2. The molecule has 4 rings (SSSR count). The number of H-pyrrole nitrogens is 1. The van der Waals surface area contributed by atoms with Crippen molar-refractivity contribution in [1.29, 1.82) is 0 Å². The highest BCUT2D eigenvalue weighted by Gasteiger charge is 2.19. The molecule has 7 heteroatoms. The highest BCUT2D eigenvalue weighted by Crippen LogP contribution is 2.23. The van der Waals surface area contributed by atoms with Crippen LogP contribution in [0.5, 0.6) is 5.75 Å². The number of anilines is 2. The number of carbonyl (C=O) groups excluding carboxylic acids is 1. The van der Waals surface area contributed by atoms with E-state index in [2.05, 4.69) is 32.2 Å². The number of aromatic amines is 1. The summed E-state index contributed by atoms with van der Waals surface area (Å²) in [7, 11) is 1.68. The molecule has 0 aliphatic carbocycles. The van der Waals surface area contributed by atoms with Crippen LogP contribution in [-0.4, -0.2) is 55.6 Å². The van der Waals surface area contributed by atoms with Gasteiger partial charge in [-0.1, -0.05) is 18.2 Å². The average Bonchev–Trinajstić information content (AvgIpc) is 3.11. The zero-order valence-electron chi connectivity index (χ0n) is 15.9. The Kier molecular flexibility index (Phi) is 6.44. The van der Waals surface area contributed by atoms with E-state index < -0.39 is 0 Å². The molecule has 1 aliphatic rings. The van der Waals surface area contributed by atoms with Gasteiger partial charge in [0.25, 0.3) is 0 Å². The minimum atomic E-state index is 0. The van der Waals surface area contributed by atoms with Crippen LogP contribution in [0.15, 0.2) is 54.7 Å². The number of halogens is 1. The van der Waals surface area contributed by atoms with Gasteiger partial charge in [-0.25, -0.2) is 0 Å². The van der Waals surface area contributed by atoms with Crippen molar-refractivity contribution in [3.63, 3.8) is 0 Å². The molecule has 0 atom stereocenters. The summed E-state index contributed by atoms with van der Waals surface area (Å²) in [5.74, 6) is 0.893. The molecule has 0 unspecified atom stereocenters. The smallest absolute Gasteiger partial charge is 0.238 e. The van der Waals surface area contributed by atoms with E-state index in [1.54, 1.807) is 7.11 Å². The first-order chi connectivity index (χ1) is 13.2. The summed E-state index contributed by atoms with van der Waals surface area (Å²) in [4.78, 5) is 20.2. The van der Waals surface area contributed by atoms with Crippen molar-refractivity contribution in [3.8, 4) is 5.75 Å². The van der Waals surface area contributed by atoms with Crippen LogP contribution in [0.1, 0.15) is 0 Å². The number of amides is 1. The lowest BCUT2D eigenvalue weighted by Crippen LogP contribution is -2.48. The monoisotopic (exact) mass is 400 g/mol. The second kappa shape index (κ2) is 8.99. The predicted molar refractivity (Wildman–Crippen MR) is 116 cm³/mol. The highest BCUT2D eigenvalue weighted by atomic mass is 35.5. The van der Waals surface area contributed by atoms with Crippen molar-refractivity contribution < 1.29 is 9.53 Å². The fourth-order valence-electron chi connectivity index (χ4n) is 3.52. The second-order valence-corrected chi connectivity index (χ2v) is 6.76. The second-order valence-electron chi connectivity index (χ2n) is 6.76. The molecule has 2 N–H and O–H groups in total. The van der Waals surface area contributed by atoms with E-state index in [1.165, 1.54) is 5.69 Å². The van der Waals surface area contributed by atoms with E-state index in [1.807, 2.05) is 42.6 Å². The first-order valence-corrected chi connectivity index (χ1v) is 9.20. The highest BCUT2D eigenvalue weighted by molar-refractivity contribution is 6.02. The number of hydrogen-bond donors (Lipinski definition) is 2. The van der Waals surface area contributed by atoms with Gasteiger partial charge in [0, 0.05) is 49.0 Å². The molecule has 28 heavy (non-hydrogen) atoms. The number of aromatic nitrogens is 1. The van der Waals surface area contributed by atoms with Crippen molar-refractivity contribution in [3.05, 3.63) is 54.7 Å². The lowest BCUT2D eigenvalue weighted by molar-refractivity contribution is -0.117. The van der Waals surface area contributed by atoms with E-state index >= 15 is 0 Å². The van der Waals surface area contributed by atoms with Crippen LogP contribution >= 0.6 is 12.4 Å². The minimum absolute atomic E-state index is 0. The van der Waals surface area contributed by atoms with E-state index in [0.717, 1.165) is 48.5 Å². The predicted octanol–water partition coefficient (Wildman–Crippen LogP) is 3.36. The Balaban J connectivity index is 0.00000225. The summed E-state index contributed by atoms with van der Waals surface area (Å²) in [6, 6.07) is 16.1. The first kappa shape index (κ1) is 20.0. The van der Waals surface area contributed by atoms with Gasteiger partial charge < -0.3 is 19.9 Å². The standard InChI is InChI=1S/C21H24N4O2.ClH/c1-27-17-8-6-16(7-9-17)25-12-10-24(11-13-25)15-21(26)23-20-14-22-19-5-3-2-4-18(19)20;/h2-9,14,22H,10-13,15H2,1H3,(H,23,26);1H. The van der Waals surface area contributed by atoms with Gasteiger partial charge in [-0.3, -0.25) is 9.69 Å². The first-order valence-electron chi connectivity index (χ1n) is 9.20. The number of para-hydroxylation sites is 1. The van der Waals surface area contributed by atoms with Gasteiger partial charge in [0.1, 0.15) is 5.75 Å². The normalized spacial score (nSPS) is 14.5. The number of fused-ring (bicyclic) bond motifs is 1. The number of nitrogens with one attached hydrogen (secondary N) is 2. The molecule has 1 aromatic heterocycles. The molecule has 6 nitrogen and oxygen atoms in total. The molecular formula is C21H25ClN4O2. The number of piperazine rings is 1. The molecule has 1 aliphatic heterocycles. The molecule has 2 aromatic carbocycles. The Morgan fingerprint density at radius 3 is 2.50 bits per heavy atom. The van der Waals surface area contributed by atoms with Gasteiger partial charge in [0.2, 0.25) is 5.91 Å². The largest absolute Gasteiger partial charge is 0.497 e. The zero-order valence-corrected chi connectivity index (χ0v) is 16.7. The fraction of sp³-hybridized carbons (Fsp3) is 0.286. The Labute approximate surface area is 170 Å². The molecular weight excluding hydrogens is 376 g/mol. The van der Waals surface area contributed by atoms with Gasteiger partial charge >= 0.3 is 0 Å². The van der Waals surface area contributed by atoms with Crippen LogP contribution in [0.4, 0.5) is 11.4 Å². The van der Waals surface area contributed by atoms with Gasteiger partial charge in [0.15, 0.2) is 0 Å². The quantitative estimate of drug-likeness (QED) is 0.689. The summed E-state index contributed by atoms with van der Waals surface area (Å²) >= 11 is 0. The molecule has 0 saturated carbocycles. The molecule has 0 bridgehead atoms. The number of carbonyl (C=O) groups is 1. The van der Waals surface area contributed by atoms with E-state index in [0.29, 0.717) is 6.54 Å². The van der Waals surface area contributed by atoms with Gasteiger partial charge in [-0.15, -0.1) is 12.4 Å². The molecule has 3 aromatic rings. The molecule has 2 heterocycles.